The highest BCUT2D eigenvalue weighted by Crippen LogP contribution is 2.32. The fourth-order valence-electron chi connectivity index (χ4n) is 1.84. The number of thiocarbonyl (C=S) groups is 1. The number of amides is 2. The van der Waals surface area contributed by atoms with Crippen molar-refractivity contribution in [3.63, 3.8) is 0 Å². The zero-order chi connectivity index (χ0) is 17.9. The summed E-state index contributed by atoms with van der Waals surface area (Å²) in [7, 11) is 0. The molecule has 6 nitrogen and oxygen atoms in total. The average molecular weight is 368 g/mol. The number of thioether (sulfide) groups is 1. The number of nitrogens with zero attached hydrogens (tertiary/aromatic N) is 1. The van der Waals surface area contributed by atoms with Crippen LogP contribution in [0.2, 0.25) is 0 Å². The fraction of sp³-hybridized carbons (Fsp3) is 0.200. The summed E-state index contributed by atoms with van der Waals surface area (Å²) in [6.07, 6.45) is 1.55. The topological polar surface area (TPSA) is 86.7 Å². The van der Waals surface area contributed by atoms with Crippen LogP contribution in [0.4, 0.5) is 4.39 Å². The Hall–Kier alpha value is -2.26. The van der Waals surface area contributed by atoms with Gasteiger partial charge in [0.1, 0.15) is 22.7 Å². The van der Waals surface area contributed by atoms with Crippen molar-refractivity contribution in [2.75, 3.05) is 6.54 Å². The summed E-state index contributed by atoms with van der Waals surface area (Å²) in [6, 6.07) is 4.51. The first-order valence-corrected chi connectivity index (χ1v) is 8.03. The molecule has 9 heteroatoms. The number of hydrogen-bond donors (Lipinski definition) is 2. The predicted octanol–water partition coefficient (Wildman–Crippen LogP) is 1.62. The van der Waals surface area contributed by atoms with E-state index in [1.807, 2.05) is 0 Å². The Kier molecular flexibility index (Phi) is 5.68. The summed E-state index contributed by atoms with van der Waals surface area (Å²) in [5.74, 6) is -2.63. The highest BCUT2D eigenvalue weighted by atomic mass is 32.2. The molecule has 1 unspecified atom stereocenters. The van der Waals surface area contributed by atoms with Crippen LogP contribution in [0.3, 0.4) is 0 Å². The zero-order valence-corrected chi connectivity index (χ0v) is 14.1. The molecule has 1 saturated heterocycles. The molecule has 2 amide bonds. The summed E-state index contributed by atoms with van der Waals surface area (Å²) < 4.78 is 13.1. The maximum absolute atomic E-state index is 12.9. The first-order valence-electron chi connectivity index (χ1n) is 6.81. The second kappa shape index (κ2) is 7.54. The Labute approximate surface area is 146 Å². The number of benzene rings is 1. The van der Waals surface area contributed by atoms with Gasteiger partial charge in [0.05, 0.1) is 4.91 Å². The van der Waals surface area contributed by atoms with E-state index in [0.717, 1.165) is 16.7 Å². The van der Waals surface area contributed by atoms with Gasteiger partial charge in [-0.2, -0.15) is 0 Å². The Morgan fingerprint density at radius 3 is 2.62 bits per heavy atom. The fourth-order valence-corrected chi connectivity index (χ4v) is 3.09. The monoisotopic (exact) mass is 368 g/mol. The van der Waals surface area contributed by atoms with Gasteiger partial charge in [0.25, 0.3) is 5.91 Å². The van der Waals surface area contributed by atoms with E-state index in [9.17, 15) is 18.8 Å². The number of carbonyl (C=O) groups is 3. The lowest BCUT2D eigenvalue weighted by atomic mass is 10.2. The number of aliphatic carboxylic acids is 1. The molecular formula is C15H13FN2O4S2. The van der Waals surface area contributed by atoms with Crippen LogP contribution in [0.15, 0.2) is 29.2 Å². The number of halogens is 1. The van der Waals surface area contributed by atoms with Crippen molar-refractivity contribution in [1.82, 2.24) is 10.2 Å². The second-order valence-corrected chi connectivity index (χ2v) is 6.62. The van der Waals surface area contributed by atoms with Crippen molar-refractivity contribution in [3.8, 4) is 0 Å². The van der Waals surface area contributed by atoms with Gasteiger partial charge in [-0.3, -0.25) is 19.3 Å². The van der Waals surface area contributed by atoms with Gasteiger partial charge in [0.15, 0.2) is 0 Å². The van der Waals surface area contributed by atoms with E-state index in [-0.39, 0.29) is 16.7 Å². The van der Waals surface area contributed by atoms with Gasteiger partial charge in [-0.1, -0.05) is 36.1 Å². The van der Waals surface area contributed by atoms with Crippen LogP contribution >= 0.6 is 24.0 Å². The predicted molar refractivity (Wildman–Crippen MR) is 91.5 cm³/mol. The van der Waals surface area contributed by atoms with Gasteiger partial charge < -0.3 is 10.4 Å². The quantitative estimate of drug-likeness (QED) is 0.607. The van der Waals surface area contributed by atoms with Gasteiger partial charge in [-0.05, 0) is 30.7 Å². The lowest BCUT2D eigenvalue weighted by molar-refractivity contribution is -0.141. The Morgan fingerprint density at radius 2 is 2.04 bits per heavy atom. The van der Waals surface area contributed by atoms with E-state index in [1.54, 1.807) is 6.08 Å². The molecule has 24 heavy (non-hydrogen) atoms. The lowest BCUT2D eigenvalue weighted by Gasteiger charge is -2.15. The van der Waals surface area contributed by atoms with Gasteiger partial charge in [-0.25, -0.2) is 4.39 Å². The second-order valence-electron chi connectivity index (χ2n) is 4.95. The number of carboxylic acid groups (broad SMARTS) is 1. The molecule has 1 aliphatic heterocycles. The Bertz CT molecular complexity index is 733. The van der Waals surface area contributed by atoms with Crippen LogP contribution in [0.1, 0.15) is 12.5 Å². The van der Waals surface area contributed by atoms with Crippen molar-refractivity contribution in [3.05, 3.63) is 40.6 Å². The zero-order valence-electron chi connectivity index (χ0n) is 12.5. The van der Waals surface area contributed by atoms with Gasteiger partial charge >= 0.3 is 5.97 Å². The van der Waals surface area contributed by atoms with Crippen molar-refractivity contribution in [1.29, 1.82) is 0 Å². The van der Waals surface area contributed by atoms with Crippen molar-refractivity contribution in [2.45, 2.75) is 13.0 Å². The first-order chi connectivity index (χ1) is 11.3. The molecule has 0 bridgehead atoms. The minimum Gasteiger partial charge on any atom is -0.480 e. The smallest absolute Gasteiger partial charge is 0.325 e. The summed E-state index contributed by atoms with van der Waals surface area (Å²) in [4.78, 5) is 36.3. The Morgan fingerprint density at radius 1 is 1.42 bits per heavy atom. The maximum atomic E-state index is 12.9. The van der Waals surface area contributed by atoms with E-state index in [2.05, 4.69) is 5.32 Å². The van der Waals surface area contributed by atoms with Crippen LogP contribution in [0.25, 0.3) is 6.08 Å². The van der Waals surface area contributed by atoms with Gasteiger partial charge in [0, 0.05) is 0 Å². The molecule has 1 aromatic carbocycles. The SMILES string of the molecule is CC(NC(=O)CN1C(=O)/C(=C/c2ccc(F)cc2)SC1=S)C(=O)O. The highest BCUT2D eigenvalue weighted by molar-refractivity contribution is 8.26. The standard InChI is InChI=1S/C15H13FN2O4S2/c1-8(14(21)22)17-12(19)7-18-13(20)11(24-15(18)23)6-9-2-4-10(16)5-3-9/h2-6,8H,7H2,1H3,(H,17,19)(H,21,22)/b11-6-. The van der Waals surface area contributed by atoms with Crippen LogP contribution in [-0.2, 0) is 14.4 Å². The van der Waals surface area contributed by atoms with Crippen LogP contribution < -0.4 is 5.32 Å². The van der Waals surface area contributed by atoms with Gasteiger partial charge in [0.2, 0.25) is 5.91 Å². The van der Waals surface area contributed by atoms with Crippen LogP contribution in [0, 0.1) is 5.82 Å². The molecule has 0 aromatic heterocycles. The molecular weight excluding hydrogens is 355 g/mol. The number of hydrogen-bond acceptors (Lipinski definition) is 5. The third-order valence-electron chi connectivity index (χ3n) is 3.09. The van der Waals surface area contributed by atoms with E-state index in [4.69, 9.17) is 17.3 Å². The minimum atomic E-state index is -1.18. The molecule has 1 aliphatic rings. The lowest BCUT2D eigenvalue weighted by Crippen LogP contribution is -2.45. The number of rotatable bonds is 5. The summed E-state index contributed by atoms with van der Waals surface area (Å²) in [5, 5.41) is 11.0. The van der Waals surface area contributed by atoms with Crippen molar-refractivity contribution >= 4 is 52.2 Å². The molecule has 0 saturated carbocycles. The molecule has 0 radical (unpaired) electrons. The third kappa shape index (κ3) is 4.39. The molecule has 1 aromatic rings. The molecule has 1 heterocycles. The number of carboxylic acids is 1. The minimum absolute atomic E-state index is 0.200. The van der Waals surface area contributed by atoms with E-state index in [0.29, 0.717) is 10.5 Å². The van der Waals surface area contributed by atoms with Crippen molar-refractivity contribution < 1.29 is 23.9 Å². The molecule has 2 N–H and O–H groups in total. The molecule has 126 valence electrons. The first kappa shape index (κ1) is 18.1. The molecule has 2 rings (SSSR count). The third-order valence-corrected chi connectivity index (χ3v) is 4.47. The maximum Gasteiger partial charge on any atom is 0.325 e. The summed E-state index contributed by atoms with van der Waals surface area (Å²) >= 11 is 6.11. The van der Waals surface area contributed by atoms with E-state index in [1.165, 1.54) is 31.2 Å². The van der Waals surface area contributed by atoms with Gasteiger partial charge in [-0.15, -0.1) is 0 Å². The van der Waals surface area contributed by atoms with Crippen molar-refractivity contribution in [2.24, 2.45) is 0 Å². The average Bonchev–Trinajstić information content (AvgIpc) is 2.77. The largest absolute Gasteiger partial charge is 0.480 e. The molecule has 0 aliphatic carbocycles. The summed E-state index contributed by atoms with van der Waals surface area (Å²) in [6.45, 7) is 0.960. The number of nitrogens with one attached hydrogen (secondary N) is 1. The van der Waals surface area contributed by atoms with Crippen LogP contribution in [0.5, 0.6) is 0 Å². The molecule has 1 fully saturated rings. The molecule has 0 spiro atoms. The van der Waals surface area contributed by atoms with Crippen LogP contribution in [-0.4, -0.2) is 44.7 Å². The highest BCUT2D eigenvalue weighted by Gasteiger charge is 2.33. The van der Waals surface area contributed by atoms with E-state index < -0.39 is 23.8 Å². The normalized spacial score (nSPS) is 17.2. The molecule has 1 atom stereocenters. The Balaban J connectivity index is 2.07. The number of carbonyl (C=O) groups excluding carboxylic acids is 2. The van der Waals surface area contributed by atoms with E-state index >= 15 is 0 Å². The summed E-state index contributed by atoms with van der Waals surface area (Å²) in [5.41, 5.74) is 0.626.